The van der Waals surface area contributed by atoms with E-state index in [2.05, 4.69) is 10.2 Å². The van der Waals surface area contributed by atoms with Crippen molar-refractivity contribution in [3.63, 3.8) is 0 Å². The number of nitrogens with zero attached hydrogens (tertiary/aromatic N) is 2. The van der Waals surface area contributed by atoms with Crippen molar-refractivity contribution >= 4 is 11.9 Å². The van der Waals surface area contributed by atoms with Crippen LogP contribution in [-0.2, 0) is 10.2 Å². The molecular weight excluding hydrogens is 318 g/mol. The van der Waals surface area contributed by atoms with Gasteiger partial charge in [-0.25, -0.2) is 0 Å². The molecule has 0 radical (unpaired) electrons. The third-order valence-electron chi connectivity index (χ3n) is 5.47. The fourth-order valence-electron chi connectivity index (χ4n) is 3.69. The number of hydrogen-bond acceptors (Lipinski definition) is 3. The summed E-state index contributed by atoms with van der Waals surface area (Å²) < 4.78 is 0. The lowest BCUT2D eigenvalue weighted by molar-refractivity contribution is -0.145. The number of H-pyrrole nitrogens is 1. The van der Waals surface area contributed by atoms with Gasteiger partial charge in [0, 0.05) is 24.7 Å². The van der Waals surface area contributed by atoms with Crippen LogP contribution in [0.4, 0.5) is 0 Å². The molecule has 25 heavy (non-hydrogen) atoms. The molecule has 2 heterocycles. The smallest absolute Gasteiger partial charge is 0.314 e. The summed E-state index contributed by atoms with van der Waals surface area (Å²) in [6.07, 6.45) is 3.13. The van der Waals surface area contributed by atoms with Gasteiger partial charge in [-0.2, -0.15) is 5.10 Å². The summed E-state index contributed by atoms with van der Waals surface area (Å²) in [6.45, 7) is 0.845. The second kappa shape index (κ2) is 6.02. The predicted octanol–water partition coefficient (Wildman–Crippen LogP) is 2.55. The molecule has 130 valence electrons. The van der Waals surface area contributed by atoms with Crippen LogP contribution in [0.1, 0.15) is 53.3 Å². The van der Waals surface area contributed by atoms with E-state index in [9.17, 15) is 14.7 Å². The van der Waals surface area contributed by atoms with Crippen LogP contribution >= 0.6 is 0 Å². The second-order valence-corrected chi connectivity index (χ2v) is 7.03. The van der Waals surface area contributed by atoms with Crippen LogP contribution in [0, 0.1) is 0 Å². The average molecular weight is 339 g/mol. The third-order valence-corrected chi connectivity index (χ3v) is 5.47. The molecule has 1 aromatic heterocycles. The van der Waals surface area contributed by atoms with Crippen LogP contribution in [0.25, 0.3) is 0 Å². The van der Waals surface area contributed by atoms with Crippen LogP contribution < -0.4 is 0 Å². The number of amides is 1. The largest absolute Gasteiger partial charge is 0.481 e. The van der Waals surface area contributed by atoms with Gasteiger partial charge < -0.3 is 10.0 Å². The first-order valence-corrected chi connectivity index (χ1v) is 8.74. The summed E-state index contributed by atoms with van der Waals surface area (Å²) in [6, 6.07) is 11.2. The summed E-state index contributed by atoms with van der Waals surface area (Å²) in [7, 11) is 0. The standard InChI is InChI=1S/C19H21N3O3/c23-17(16-12-15(20-21-16)13-6-7-13)22-10-8-19(9-11-22,18(24)25)14-4-2-1-3-5-14/h1-5,12-13H,6-11H2,(H,20,21)(H,24,25). The molecule has 0 atom stereocenters. The maximum absolute atomic E-state index is 12.7. The topological polar surface area (TPSA) is 86.3 Å². The van der Waals surface area contributed by atoms with Crippen molar-refractivity contribution < 1.29 is 14.7 Å². The third kappa shape index (κ3) is 2.81. The van der Waals surface area contributed by atoms with Gasteiger partial charge in [0.2, 0.25) is 0 Å². The Morgan fingerprint density at radius 2 is 1.84 bits per heavy atom. The van der Waals surface area contributed by atoms with Gasteiger partial charge in [0.15, 0.2) is 0 Å². The molecule has 1 aromatic carbocycles. The Bertz CT molecular complexity index is 787. The molecule has 2 aromatic rings. The lowest BCUT2D eigenvalue weighted by atomic mass is 9.73. The van der Waals surface area contributed by atoms with Gasteiger partial charge in [0.25, 0.3) is 5.91 Å². The number of piperidine rings is 1. The van der Waals surface area contributed by atoms with E-state index in [1.807, 2.05) is 36.4 Å². The average Bonchev–Trinajstić information content (AvgIpc) is 3.39. The molecule has 0 unspecified atom stereocenters. The number of carbonyl (C=O) groups excluding carboxylic acids is 1. The van der Waals surface area contributed by atoms with E-state index in [0.717, 1.165) is 24.1 Å². The van der Waals surface area contributed by atoms with Gasteiger partial charge in [0.05, 0.1) is 5.41 Å². The second-order valence-electron chi connectivity index (χ2n) is 7.03. The lowest BCUT2D eigenvalue weighted by Crippen LogP contribution is -2.49. The van der Waals surface area contributed by atoms with Gasteiger partial charge in [-0.3, -0.25) is 14.7 Å². The van der Waals surface area contributed by atoms with Crippen LogP contribution in [0.5, 0.6) is 0 Å². The number of rotatable bonds is 4. The first-order chi connectivity index (χ1) is 12.1. The number of benzene rings is 1. The molecule has 1 amide bonds. The van der Waals surface area contributed by atoms with E-state index < -0.39 is 11.4 Å². The van der Waals surface area contributed by atoms with E-state index in [0.29, 0.717) is 37.5 Å². The molecule has 1 aliphatic carbocycles. The molecule has 1 saturated heterocycles. The van der Waals surface area contributed by atoms with E-state index in [1.54, 1.807) is 4.90 Å². The minimum Gasteiger partial charge on any atom is -0.481 e. The first-order valence-electron chi connectivity index (χ1n) is 8.74. The van der Waals surface area contributed by atoms with Crippen molar-refractivity contribution in [3.8, 4) is 0 Å². The molecule has 1 aliphatic heterocycles. The molecule has 2 fully saturated rings. The molecule has 2 N–H and O–H groups in total. The summed E-state index contributed by atoms with van der Waals surface area (Å²) in [5.41, 5.74) is 1.36. The highest BCUT2D eigenvalue weighted by atomic mass is 16.4. The maximum Gasteiger partial charge on any atom is 0.314 e. The van der Waals surface area contributed by atoms with Crippen molar-refractivity contribution in [1.29, 1.82) is 0 Å². The summed E-state index contributed by atoms with van der Waals surface area (Å²) in [5, 5.41) is 16.9. The quantitative estimate of drug-likeness (QED) is 0.896. The molecule has 2 aliphatic rings. The Morgan fingerprint density at radius 1 is 1.16 bits per heavy atom. The highest BCUT2D eigenvalue weighted by molar-refractivity contribution is 5.93. The zero-order valence-corrected chi connectivity index (χ0v) is 13.9. The predicted molar refractivity (Wildman–Crippen MR) is 91.5 cm³/mol. The number of carboxylic acids is 1. The summed E-state index contributed by atoms with van der Waals surface area (Å²) in [5.74, 6) is -0.412. The Morgan fingerprint density at radius 3 is 2.44 bits per heavy atom. The molecule has 6 heteroatoms. The van der Waals surface area contributed by atoms with Crippen molar-refractivity contribution in [2.24, 2.45) is 0 Å². The van der Waals surface area contributed by atoms with Gasteiger partial charge in [-0.1, -0.05) is 30.3 Å². The fourth-order valence-corrected chi connectivity index (χ4v) is 3.69. The highest BCUT2D eigenvalue weighted by Crippen LogP contribution is 2.39. The molecule has 1 saturated carbocycles. The van der Waals surface area contributed by atoms with Crippen LogP contribution in [0.2, 0.25) is 0 Å². The zero-order valence-electron chi connectivity index (χ0n) is 13.9. The maximum atomic E-state index is 12.7. The minimum absolute atomic E-state index is 0.116. The number of aromatic nitrogens is 2. The first kappa shape index (κ1) is 15.9. The van der Waals surface area contributed by atoms with Crippen LogP contribution in [0.3, 0.4) is 0 Å². The van der Waals surface area contributed by atoms with Gasteiger partial charge in [-0.15, -0.1) is 0 Å². The zero-order chi connectivity index (χ0) is 17.4. The number of nitrogens with one attached hydrogen (secondary N) is 1. The van der Waals surface area contributed by atoms with Crippen molar-refractivity contribution in [2.75, 3.05) is 13.1 Å². The van der Waals surface area contributed by atoms with Crippen molar-refractivity contribution in [3.05, 3.63) is 53.3 Å². The molecule has 0 spiro atoms. The Balaban J connectivity index is 1.49. The van der Waals surface area contributed by atoms with E-state index in [-0.39, 0.29) is 5.91 Å². The highest BCUT2D eigenvalue weighted by Gasteiger charge is 2.44. The minimum atomic E-state index is -0.914. The Hall–Kier alpha value is -2.63. The SMILES string of the molecule is O=C(c1cc(C2CC2)[nH]n1)N1CCC(C(=O)O)(c2ccccc2)CC1. The molecule has 4 rings (SSSR count). The summed E-state index contributed by atoms with van der Waals surface area (Å²) >= 11 is 0. The molecule has 0 bridgehead atoms. The number of likely N-dealkylation sites (tertiary alicyclic amines) is 1. The van der Waals surface area contributed by atoms with E-state index >= 15 is 0 Å². The van der Waals surface area contributed by atoms with Crippen molar-refractivity contribution in [1.82, 2.24) is 15.1 Å². The summed E-state index contributed by atoms with van der Waals surface area (Å²) in [4.78, 5) is 26.4. The Kier molecular flexibility index (Phi) is 3.82. The number of aliphatic carboxylic acids is 1. The van der Waals surface area contributed by atoms with Gasteiger partial charge in [0.1, 0.15) is 5.69 Å². The van der Waals surface area contributed by atoms with Crippen molar-refractivity contribution in [2.45, 2.75) is 37.0 Å². The molecule has 6 nitrogen and oxygen atoms in total. The fraction of sp³-hybridized carbons (Fsp3) is 0.421. The number of hydrogen-bond donors (Lipinski definition) is 2. The van der Waals surface area contributed by atoms with Crippen LogP contribution in [0.15, 0.2) is 36.4 Å². The number of aromatic amines is 1. The Labute approximate surface area is 145 Å². The monoisotopic (exact) mass is 339 g/mol. The van der Waals surface area contributed by atoms with E-state index in [1.165, 1.54) is 0 Å². The van der Waals surface area contributed by atoms with Gasteiger partial charge in [-0.05, 0) is 37.3 Å². The normalized spacial score (nSPS) is 19.6. The molecular formula is C19H21N3O3. The number of carboxylic acid groups (broad SMARTS) is 1. The lowest BCUT2D eigenvalue weighted by Gasteiger charge is -2.39. The number of carbonyl (C=O) groups is 2. The van der Waals surface area contributed by atoms with Gasteiger partial charge >= 0.3 is 5.97 Å². The van der Waals surface area contributed by atoms with Crippen LogP contribution in [-0.4, -0.2) is 45.2 Å². The van der Waals surface area contributed by atoms with E-state index in [4.69, 9.17) is 0 Å².